The molecule has 0 heterocycles. The van der Waals surface area contributed by atoms with Crippen LogP contribution in [0.4, 0.5) is 0 Å². The summed E-state index contributed by atoms with van der Waals surface area (Å²) >= 11 is 3.60. The zero-order valence-corrected chi connectivity index (χ0v) is 11.8. The molecular formula is C13H20BrN. The molecule has 0 aliphatic carbocycles. The van der Waals surface area contributed by atoms with Crippen LogP contribution in [0.15, 0.2) is 18.2 Å². The van der Waals surface area contributed by atoms with Crippen LogP contribution < -0.4 is 5.32 Å². The van der Waals surface area contributed by atoms with Crippen LogP contribution in [0.3, 0.4) is 0 Å². The first-order valence-electron chi connectivity index (χ1n) is 5.28. The van der Waals surface area contributed by atoms with Crippen LogP contribution in [-0.4, -0.2) is 7.05 Å². The Labute approximate surface area is 101 Å². The molecule has 0 aliphatic rings. The number of halogens is 1. The van der Waals surface area contributed by atoms with E-state index in [9.17, 15) is 0 Å². The molecule has 1 rings (SSSR count). The minimum Gasteiger partial charge on any atom is -0.304 e. The molecule has 1 aromatic rings. The molecule has 1 unspecified atom stereocenters. The number of alkyl halides is 1. The molecule has 0 saturated heterocycles. The summed E-state index contributed by atoms with van der Waals surface area (Å²) in [6.45, 7) is 8.89. The van der Waals surface area contributed by atoms with E-state index in [2.05, 4.69) is 67.1 Å². The molecule has 1 atom stereocenters. The first-order chi connectivity index (χ1) is 6.86. The minimum absolute atomic E-state index is 0.227. The van der Waals surface area contributed by atoms with E-state index in [1.54, 1.807) is 0 Å². The third-order valence-corrected chi connectivity index (χ3v) is 3.61. The Kier molecular flexibility index (Phi) is 3.96. The lowest BCUT2D eigenvalue weighted by Gasteiger charge is -2.21. The fourth-order valence-corrected chi connectivity index (χ4v) is 2.10. The van der Waals surface area contributed by atoms with Crippen molar-refractivity contribution in [3.8, 4) is 0 Å². The summed E-state index contributed by atoms with van der Waals surface area (Å²) < 4.78 is 0. The van der Waals surface area contributed by atoms with E-state index in [1.807, 2.05) is 7.05 Å². The average molecular weight is 270 g/mol. The van der Waals surface area contributed by atoms with Gasteiger partial charge in [-0.05, 0) is 36.1 Å². The number of nitrogens with one attached hydrogen (secondary N) is 1. The molecule has 1 N–H and O–H groups in total. The molecule has 0 bridgehead atoms. The van der Waals surface area contributed by atoms with Crippen molar-refractivity contribution in [3.63, 3.8) is 0 Å². The van der Waals surface area contributed by atoms with E-state index in [-0.39, 0.29) is 10.4 Å². The predicted molar refractivity (Wildman–Crippen MR) is 70.6 cm³/mol. The van der Waals surface area contributed by atoms with Crippen molar-refractivity contribution in [1.29, 1.82) is 0 Å². The van der Waals surface area contributed by atoms with Gasteiger partial charge in [-0.25, -0.2) is 0 Å². The van der Waals surface area contributed by atoms with Gasteiger partial charge in [0.1, 0.15) is 0 Å². The van der Waals surface area contributed by atoms with E-state index in [4.69, 9.17) is 0 Å². The first kappa shape index (κ1) is 12.7. The fourth-order valence-electron chi connectivity index (χ4n) is 1.58. The van der Waals surface area contributed by atoms with E-state index in [1.165, 1.54) is 16.7 Å². The molecule has 1 aromatic carbocycles. The van der Waals surface area contributed by atoms with Gasteiger partial charge in [0.15, 0.2) is 0 Å². The van der Waals surface area contributed by atoms with Crippen LogP contribution in [-0.2, 0) is 5.41 Å². The summed E-state index contributed by atoms with van der Waals surface area (Å²) in [5.41, 5.74) is 4.26. The van der Waals surface area contributed by atoms with Crippen LogP contribution in [0.1, 0.15) is 42.4 Å². The highest BCUT2D eigenvalue weighted by Gasteiger charge is 2.15. The van der Waals surface area contributed by atoms with Crippen molar-refractivity contribution < 1.29 is 0 Å². The maximum Gasteiger partial charge on any atom is 0.0886 e. The second kappa shape index (κ2) is 4.67. The molecular weight excluding hydrogens is 250 g/mol. The van der Waals surface area contributed by atoms with Crippen molar-refractivity contribution in [2.75, 3.05) is 7.05 Å². The van der Waals surface area contributed by atoms with Crippen LogP contribution in [0.2, 0.25) is 0 Å². The number of hydrogen-bond donors (Lipinski definition) is 1. The van der Waals surface area contributed by atoms with Gasteiger partial charge in [0.2, 0.25) is 0 Å². The molecule has 0 aliphatic heterocycles. The zero-order chi connectivity index (χ0) is 11.6. The van der Waals surface area contributed by atoms with Crippen molar-refractivity contribution in [2.24, 2.45) is 0 Å². The van der Waals surface area contributed by atoms with Gasteiger partial charge >= 0.3 is 0 Å². The SMILES string of the molecule is CNC(Br)c1ccc(C(C)(C)C)cc1C. The van der Waals surface area contributed by atoms with Crippen LogP contribution in [0.5, 0.6) is 0 Å². The van der Waals surface area contributed by atoms with Gasteiger partial charge in [0.05, 0.1) is 4.95 Å². The first-order valence-corrected chi connectivity index (χ1v) is 6.20. The minimum atomic E-state index is 0.227. The molecule has 0 radical (unpaired) electrons. The van der Waals surface area contributed by atoms with Gasteiger partial charge < -0.3 is 5.32 Å². The maximum atomic E-state index is 3.60. The zero-order valence-electron chi connectivity index (χ0n) is 10.2. The van der Waals surface area contributed by atoms with Gasteiger partial charge in [-0.2, -0.15) is 0 Å². The molecule has 15 heavy (non-hydrogen) atoms. The molecule has 0 fully saturated rings. The third kappa shape index (κ3) is 3.05. The van der Waals surface area contributed by atoms with Gasteiger partial charge in [0.25, 0.3) is 0 Å². The summed E-state index contributed by atoms with van der Waals surface area (Å²) in [6.07, 6.45) is 0. The number of hydrogen-bond acceptors (Lipinski definition) is 1. The quantitative estimate of drug-likeness (QED) is 0.634. The van der Waals surface area contributed by atoms with Crippen LogP contribution >= 0.6 is 15.9 Å². The number of rotatable bonds is 2. The molecule has 0 amide bonds. The summed E-state index contributed by atoms with van der Waals surface area (Å²) in [6, 6.07) is 6.70. The lowest BCUT2D eigenvalue weighted by Crippen LogP contribution is -2.14. The Morgan fingerprint density at radius 2 is 1.87 bits per heavy atom. The largest absolute Gasteiger partial charge is 0.304 e. The number of benzene rings is 1. The predicted octanol–water partition coefficient (Wildman–Crippen LogP) is 3.91. The smallest absolute Gasteiger partial charge is 0.0886 e. The Hall–Kier alpha value is -0.340. The molecule has 84 valence electrons. The van der Waals surface area contributed by atoms with Crippen molar-refractivity contribution in [2.45, 2.75) is 38.1 Å². The second-order valence-corrected chi connectivity index (χ2v) is 5.89. The normalized spacial score (nSPS) is 14.0. The Morgan fingerprint density at radius 1 is 1.27 bits per heavy atom. The van der Waals surface area contributed by atoms with Crippen molar-refractivity contribution >= 4 is 15.9 Å². The standard InChI is InChI=1S/C13H20BrN/c1-9-8-10(13(2,3)4)6-7-11(9)12(14)15-5/h6-8,12,15H,1-5H3. The van der Waals surface area contributed by atoms with Gasteiger partial charge in [-0.1, -0.05) is 54.9 Å². The number of aryl methyl sites for hydroxylation is 1. The summed E-state index contributed by atoms with van der Waals surface area (Å²) in [5.74, 6) is 0. The summed E-state index contributed by atoms with van der Waals surface area (Å²) in [4.78, 5) is 0.242. The summed E-state index contributed by atoms with van der Waals surface area (Å²) in [5, 5.41) is 3.20. The second-order valence-electron chi connectivity index (χ2n) is 4.97. The Balaban J connectivity index is 3.09. The highest BCUT2D eigenvalue weighted by atomic mass is 79.9. The highest BCUT2D eigenvalue weighted by molar-refractivity contribution is 9.09. The van der Waals surface area contributed by atoms with Crippen molar-refractivity contribution in [1.82, 2.24) is 5.32 Å². The Bertz CT molecular complexity index is 339. The van der Waals surface area contributed by atoms with Crippen molar-refractivity contribution in [3.05, 3.63) is 34.9 Å². The average Bonchev–Trinajstić information content (AvgIpc) is 2.15. The van der Waals surface area contributed by atoms with Crippen LogP contribution in [0.25, 0.3) is 0 Å². The lowest BCUT2D eigenvalue weighted by molar-refractivity contribution is 0.589. The van der Waals surface area contributed by atoms with Gasteiger partial charge in [-0.15, -0.1) is 0 Å². The monoisotopic (exact) mass is 269 g/mol. The van der Waals surface area contributed by atoms with E-state index in [0.717, 1.165) is 0 Å². The van der Waals surface area contributed by atoms with E-state index >= 15 is 0 Å². The molecule has 1 nitrogen and oxygen atoms in total. The topological polar surface area (TPSA) is 12.0 Å². The molecule has 0 aromatic heterocycles. The van der Waals surface area contributed by atoms with Gasteiger partial charge in [0, 0.05) is 0 Å². The molecule has 0 saturated carbocycles. The maximum absolute atomic E-state index is 3.60. The lowest BCUT2D eigenvalue weighted by atomic mass is 9.85. The van der Waals surface area contributed by atoms with E-state index < -0.39 is 0 Å². The summed E-state index contributed by atoms with van der Waals surface area (Å²) in [7, 11) is 1.95. The fraction of sp³-hybridized carbons (Fsp3) is 0.538. The molecule has 2 heteroatoms. The van der Waals surface area contributed by atoms with Crippen LogP contribution in [0, 0.1) is 6.92 Å². The third-order valence-electron chi connectivity index (χ3n) is 2.66. The molecule has 0 spiro atoms. The van der Waals surface area contributed by atoms with E-state index in [0.29, 0.717) is 0 Å². The Morgan fingerprint density at radius 3 is 2.27 bits per heavy atom. The van der Waals surface area contributed by atoms with Gasteiger partial charge in [-0.3, -0.25) is 0 Å². The highest BCUT2D eigenvalue weighted by Crippen LogP contribution is 2.28.